The van der Waals surface area contributed by atoms with Gasteiger partial charge in [-0.1, -0.05) is 5.21 Å². The number of methoxy groups -OCH3 is 1. The quantitative estimate of drug-likeness (QED) is 0.681. The minimum Gasteiger partial charge on any atom is -0.383 e. The average Bonchev–Trinajstić information content (AvgIpc) is 2.54. The van der Waals surface area contributed by atoms with Crippen molar-refractivity contribution in [3.63, 3.8) is 0 Å². The Morgan fingerprint density at radius 3 is 3.15 bits per heavy atom. The molecular weight excluding hydrogens is 197 g/mol. The first-order chi connectivity index (χ1) is 6.29. The summed E-state index contributed by atoms with van der Waals surface area (Å²) in [5, 5.41) is 7.02. The first kappa shape index (κ1) is 10.4. The summed E-state index contributed by atoms with van der Waals surface area (Å²) in [7, 11) is 1.55. The molecule has 0 saturated heterocycles. The van der Waals surface area contributed by atoms with Crippen LogP contribution in [0.1, 0.15) is 11.1 Å². The van der Waals surface area contributed by atoms with Gasteiger partial charge in [-0.25, -0.2) is 9.07 Å². The normalized spacial score (nSPS) is 13.2. The Hall–Kier alpha value is -0.680. The van der Waals surface area contributed by atoms with E-state index in [9.17, 15) is 4.39 Å². The fourth-order valence-electron chi connectivity index (χ4n) is 0.994. The summed E-state index contributed by atoms with van der Waals surface area (Å²) in [5.41, 5.74) is 0.682. The highest BCUT2D eigenvalue weighted by atomic mass is 35.5. The van der Waals surface area contributed by atoms with Crippen LogP contribution in [0.25, 0.3) is 0 Å². The predicted molar refractivity (Wildman–Crippen MR) is 46.5 cm³/mol. The molecule has 1 aromatic rings. The van der Waals surface area contributed by atoms with Crippen molar-refractivity contribution in [3.8, 4) is 0 Å². The minimum absolute atomic E-state index is 0.183. The second-order valence-electron chi connectivity index (χ2n) is 2.49. The van der Waals surface area contributed by atoms with E-state index >= 15 is 0 Å². The number of halogens is 2. The number of nitrogens with zero attached hydrogens (tertiary/aromatic N) is 3. The topological polar surface area (TPSA) is 39.9 Å². The highest BCUT2D eigenvalue weighted by Gasteiger charge is 2.13. The van der Waals surface area contributed by atoms with Crippen molar-refractivity contribution in [3.05, 3.63) is 11.9 Å². The number of hydrogen-bond donors (Lipinski definition) is 0. The second-order valence-corrected chi connectivity index (χ2v) is 3.02. The minimum atomic E-state index is -0.479. The van der Waals surface area contributed by atoms with Gasteiger partial charge in [-0.05, 0) is 0 Å². The van der Waals surface area contributed by atoms with Crippen LogP contribution in [0, 0.1) is 0 Å². The van der Waals surface area contributed by atoms with Gasteiger partial charge in [-0.2, -0.15) is 0 Å². The summed E-state index contributed by atoms with van der Waals surface area (Å²) in [6.45, 7) is 0.0659. The van der Waals surface area contributed by atoms with Gasteiger partial charge in [0.05, 0.1) is 25.0 Å². The van der Waals surface area contributed by atoms with Gasteiger partial charge >= 0.3 is 0 Å². The molecule has 0 N–H and O–H groups in total. The van der Waals surface area contributed by atoms with E-state index in [2.05, 4.69) is 10.3 Å². The molecular formula is C7H11ClFN3O. The van der Waals surface area contributed by atoms with Gasteiger partial charge in [0.1, 0.15) is 12.1 Å². The average molecular weight is 208 g/mol. The fraction of sp³-hybridized carbons (Fsp3) is 0.714. The zero-order valence-corrected chi connectivity index (χ0v) is 8.04. The number of aromatic nitrogens is 3. The Morgan fingerprint density at radius 1 is 1.77 bits per heavy atom. The van der Waals surface area contributed by atoms with E-state index < -0.39 is 6.67 Å². The van der Waals surface area contributed by atoms with Gasteiger partial charge in [0, 0.05) is 7.11 Å². The Bertz CT molecular complexity index is 256. The highest BCUT2D eigenvalue weighted by Crippen LogP contribution is 2.18. The van der Waals surface area contributed by atoms with Crippen molar-refractivity contribution in [1.29, 1.82) is 0 Å². The summed E-state index contributed by atoms with van der Waals surface area (Å²) in [6, 6.07) is 0. The largest absolute Gasteiger partial charge is 0.383 e. The van der Waals surface area contributed by atoms with Crippen LogP contribution < -0.4 is 0 Å². The van der Waals surface area contributed by atoms with Gasteiger partial charge in [-0.3, -0.25) is 0 Å². The zero-order chi connectivity index (χ0) is 9.68. The van der Waals surface area contributed by atoms with Crippen molar-refractivity contribution in [1.82, 2.24) is 15.0 Å². The molecule has 0 aliphatic rings. The lowest BCUT2D eigenvalue weighted by Gasteiger charge is -2.08. The van der Waals surface area contributed by atoms with E-state index in [4.69, 9.17) is 16.3 Å². The maximum atomic E-state index is 12.0. The van der Waals surface area contributed by atoms with Crippen LogP contribution in [0.5, 0.6) is 0 Å². The third kappa shape index (κ3) is 2.63. The Kier molecular flexibility index (Phi) is 4.11. The summed E-state index contributed by atoms with van der Waals surface area (Å²) < 4.78 is 18.3. The summed E-state index contributed by atoms with van der Waals surface area (Å²) >= 11 is 5.94. The molecule has 1 unspecified atom stereocenters. The van der Waals surface area contributed by atoms with Crippen molar-refractivity contribution < 1.29 is 9.13 Å². The molecule has 1 aromatic heterocycles. The van der Waals surface area contributed by atoms with Gasteiger partial charge in [-0.15, -0.1) is 16.7 Å². The lowest BCUT2D eigenvalue weighted by molar-refractivity contribution is 0.196. The van der Waals surface area contributed by atoms with Crippen LogP contribution in [0.3, 0.4) is 0 Å². The molecule has 6 heteroatoms. The number of ether oxygens (including phenoxy) is 1. The summed E-state index contributed by atoms with van der Waals surface area (Å²) in [6.07, 6.45) is 1.52. The van der Waals surface area contributed by atoms with E-state index in [-0.39, 0.29) is 11.9 Å². The zero-order valence-electron chi connectivity index (χ0n) is 7.28. The van der Waals surface area contributed by atoms with Gasteiger partial charge in [0.25, 0.3) is 0 Å². The molecule has 1 heterocycles. The molecule has 0 aromatic carbocycles. The Balaban J connectivity index is 2.68. The smallest absolute Gasteiger partial charge is 0.109 e. The van der Waals surface area contributed by atoms with Gasteiger partial charge < -0.3 is 4.74 Å². The molecule has 1 atom stereocenters. The third-order valence-electron chi connectivity index (χ3n) is 1.58. The van der Waals surface area contributed by atoms with E-state index in [1.54, 1.807) is 7.11 Å². The van der Waals surface area contributed by atoms with Crippen molar-refractivity contribution >= 4 is 11.6 Å². The first-order valence-electron chi connectivity index (χ1n) is 3.87. The lowest BCUT2D eigenvalue weighted by Crippen LogP contribution is -2.10. The van der Waals surface area contributed by atoms with E-state index in [1.807, 2.05) is 0 Å². The van der Waals surface area contributed by atoms with E-state index in [0.717, 1.165) is 0 Å². The maximum Gasteiger partial charge on any atom is 0.109 e. The van der Waals surface area contributed by atoms with Gasteiger partial charge in [0.15, 0.2) is 0 Å². The molecule has 0 radical (unpaired) electrons. The molecule has 1 rings (SSSR count). The lowest BCUT2D eigenvalue weighted by atomic mass is 10.3. The van der Waals surface area contributed by atoms with Crippen molar-refractivity contribution in [2.24, 2.45) is 0 Å². The van der Waals surface area contributed by atoms with Gasteiger partial charge in [0.2, 0.25) is 0 Å². The van der Waals surface area contributed by atoms with Crippen LogP contribution in [0.15, 0.2) is 6.20 Å². The predicted octanol–water partition coefficient (Wildman–Crippen LogP) is 1.17. The number of rotatable bonds is 5. The number of alkyl halides is 2. The second kappa shape index (κ2) is 5.14. The number of hydrogen-bond acceptors (Lipinski definition) is 3. The molecule has 4 nitrogen and oxygen atoms in total. The molecule has 0 aliphatic carbocycles. The molecule has 0 aliphatic heterocycles. The Labute approximate surface area is 80.6 Å². The SMILES string of the molecule is COCC(Cl)c1cnnn1CCF. The van der Waals surface area contributed by atoms with Crippen LogP contribution in [-0.2, 0) is 11.3 Å². The summed E-state index contributed by atoms with van der Waals surface area (Å²) in [5.74, 6) is 0. The van der Waals surface area contributed by atoms with Crippen molar-refractivity contribution in [2.75, 3.05) is 20.4 Å². The molecule has 0 spiro atoms. The molecule has 0 amide bonds. The summed E-state index contributed by atoms with van der Waals surface area (Å²) in [4.78, 5) is 0. The standard InChI is InChI=1S/C7H11ClFN3O/c1-13-5-6(8)7-4-10-11-12(7)3-2-9/h4,6H,2-3,5H2,1H3. The van der Waals surface area contributed by atoms with Crippen LogP contribution in [-0.4, -0.2) is 35.4 Å². The Morgan fingerprint density at radius 2 is 2.54 bits per heavy atom. The molecule has 0 saturated carbocycles. The van der Waals surface area contributed by atoms with Crippen molar-refractivity contribution in [2.45, 2.75) is 11.9 Å². The molecule has 74 valence electrons. The van der Waals surface area contributed by atoms with E-state index in [0.29, 0.717) is 12.3 Å². The first-order valence-corrected chi connectivity index (χ1v) is 4.30. The van der Waals surface area contributed by atoms with E-state index in [1.165, 1.54) is 10.9 Å². The fourth-order valence-corrected chi connectivity index (χ4v) is 1.29. The molecule has 13 heavy (non-hydrogen) atoms. The third-order valence-corrected chi connectivity index (χ3v) is 1.93. The van der Waals surface area contributed by atoms with Crippen LogP contribution >= 0.6 is 11.6 Å². The highest BCUT2D eigenvalue weighted by molar-refractivity contribution is 6.20. The number of aryl methyl sites for hydroxylation is 1. The maximum absolute atomic E-state index is 12.0. The molecule has 0 fully saturated rings. The molecule has 0 bridgehead atoms. The van der Waals surface area contributed by atoms with Crippen LogP contribution in [0.2, 0.25) is 0 Å². The van der Waals surface area contributed by atoms with Crippen LogP contribution in [0.4, 0.5) is 4.39 Å². The monoisotopic (exact) mass is 207 g/mol.